The maximum atomic E-state index is 11.7. The van der Waals surface area contributed by atoms with E-state index in [-0.39, 0.29) is 18.4 Å². The fraction of sp³-hybridized carbons (Fsp3) is 0.615. The van der Waals surface area contributed by atoms with Gasteiger partial charge in [0.05, 0.1) is 6.61 Å². The predicted molar refractivity (Wildman–Crippen MR) is 68.6 cm³/mol. The van der Waals surface area contributed by atoms with Crippen molar-refractivity contribution in [3.63, 3.8) is 0 Å². The van der Waals surface area contributed by atoms with Gasteiger partial charge < -0.3 is 4.74 Å². The molecule has 0 saturated heterocycles. The minimum absolute atomic E-state index is 0.0249. The zero-order chi connectivity index (χ0) is 14.1. The van der Waals surface area contributed by atoms with Crippen LogP contribution in [0.25, 0.3) is 0 Å². The van der Waals surface area contributed by atoms with Crippen LogP contribution in [-0.2, 0) is 19.1 Å². The van der Waals surface area contributed by atoms with Gasteiger partial charge in [-0.15, -0.1) is 0 Å². The number of hydrazine groups is 1. The summed E-state index contributed by atoms with van der Waals surface area (Å²) in [6, 6.07) is 0. The maximum Gasteiger partial charge on any atom is 0.330 e. The highest BCUT2D eigenvalue weighted by Crippen LogP contribution is 2.23. The van der Waals surface area contributed by atoms with E-state index in [4.69, 9.17) is 0 Å². The van der Waals surface area contributed by atoms with Crippen LogP contribution in [0, 0.1) is 5.92 Å². The zero-order valence-corrected chi connectivity index (χ0v) is 11.1. The Kier molecular flexibility index (Phi) is 6.63. The minimum Gasteiger partial charge on any atom is -0.463 e. The van der Waals surface area contributed by atoms with Gasteiger partial charge in [0.15, 0.2) is 0 Å². The van der Waals surface area contributed by atoms with Crippen LogP contribution in [0.15, 0.2) is 12.2 Å². The lowest BCUT2D eigenvalue weighted by molar-refractivity contribution is -0.137. The van der Waals surface area contributed by atoms with Gasteiger partial charge in [-0.1, -0.05) is 19.3 Å². The van der Waals surface area contributed by atoms with Crippen molar-refractivity contribution in [2.75, 3.05) is 6.61 Å². The molecule has 0 aromatic rings. The topological polar surface area (TPSA) is 84.5 Å². The molecule has 0 unspecified atom stereocenters. The lowest BCUT2D eigenvalue weighted by atomic mass is 9.89. The van der Waals surface area contributed by atoms with Crippen molar-refractivity contribution in [1.29, 1.82) is 0 Å². The first kappa shape index (κ1) is 15.2. The summed E-state index contributed by atoms with van der Waals surface area (Å²) in [6.07, 6.45) is 7.04. The van der Waals surface area contributed by atoms with Gasteiger partial charge in [-0.3, -0.25) is 20.4 Å². The molecule has 6 heteroatoms. The van der Waals surface area contributed by atoms with Gasteiger partial charge in [-0.05, 0) is 19.8 Å². The predicted octanol–water partition coefficient (Wildman–Crippen LogP) is 0.833. The summed E-state index contributed by atoms with van der Waals surface area (Å²) < 4.78 is 4.62. The summed E-state index contributed by atoms with van der Waals surface area (Å²) in [6.45, 7) is 1.93. The smallest absolute Gasteiger partial charge is 0.330 e. The molecule has 1 fully saturated rings. The Morgan fingerprint density at radius 1 is 1.11 bits per heavy atom. The molecule has 19 heavy (non-hydrogen) atoms. The minimum atomic E-state index is -0.587. The molecule has 0 spiro atoms. The molecule has 0 aliphatic heterocycles. The Labute approximate surface area is 112 Å². The van der Waals surface area contributed by atoms with Gasteiger partial charge >= 0.3 is 5.97 Å². The molecule has 0 aromatic carbocycles. The Bertz CT molecular complexity index is 360. The van der Waals surface area contributed by atoms with E-state index in [1.807, 2.05) is 0 Å². The molecule has 2 amide bonds. The van der Waals surface area contributed by atoms with Crippen LogP contribution in [0.4, 0.5) is 0 Å². The number of carbonyl (C=O) groups is 3. The van der Waals surface area contributed by atoms with Gasteiger partial charge in [0.1, 0.15) is 0 Å². The second-order valence-corrected chi connectivity index (χ2v) is 4.40. The summed E-state index contributed by atoms with van der Waals surface area (Å²) in [4.78, 5) is 34.0. The van der Waals surface area contributed by atoms with Crippen LogP contribution in [0.2, 0.25) is 0 Å². The van der Waals surface area contributed by atoms with Crippen molar-refractivity contribution < 1.29 is 19.1 Å². The zero-order valence-electron chi connectivity index (χ0n) is 11.1. The van der Waals surface area contributed by atoms with Gasteiger partial charge in [-0.2, -0.15) is 0 Å². The highest BCUT2D eigenvalue weighted by atomic mass is 16.5. The van der Waals surface area contributed by atoms with Crippen LogP contribution >= 0.6 is 0 Å². The van der Waals surface area contributed by atoms with E-state index in [1.54, 1.807) is 6.92 Å². The Balaban J connectivity index is 2.25. The summed E-state index contributed by atoms with van der Waals surface area (Å²) >= 11 is 0. The fourth-order valence-corrected chi connectivity index (χ4v) is 1.97. The number of hydrogen-bond acceptors (Lipinski definition) is 4. The van der Waals surface area contributed by atoms with Crippen molar-refractivity contribution >= 4 is 17.8 Å². The molecule has 1 aliphatic rings. The Morgan fingerprint density at radius 2 is 1.79 bits per heavy atom. The van der Waals surface area contributed by atoms with Gasteiger partial charge in [0, 0.05) is 18.1 Å². The quantitative estimate of drug-likeness (QED) is 0.449. The van der Waals surface area contributed by atoms with Crippen molar-refractivity contribution in [1.82, 2.24) is 10.9 Å². The molecule has 106 valence electrons. The first-order valence-corrected chi connectivity index (χ1v) is 6.58. The highest BCUT2D eigenvalue weighted by molar-refractivity contribution is 5.95. The van der Waals surface area contributed by atoms with Crippen molar-refractivity contribution in [2.45, 2.75) is 39.0 Å². The van der Waals surface area contributed by atoms with E-state index in [0.717, 1.165) is 37.8 Å². The van der Waals surface area contributed by atoms with Gasteiger partial charge in [-0.25, -0.2) is 4.79 Å². The first-order chi connectivity index (χ1) is 9.13. The van der Waals surface area contributed by atoms with Crippen LogP contribution < -0.4 is 10.9 Å². The molecule has 2 N–H and O–H groups in total. The number of nitrogens with one attached hydrogen (secondary N) is 2. The third-order valence-electron chi connectivity index (χ3n) is 2.94. The third-order valence-corrected chi connectivity index (χ3v) is 2.94. The van der Waals surface area contributed by atoms with Crippen LogP contribution in [0.1, 0.15) is 39.0 Å². The van der Waals surface area contributed by atoms with Gasteiger partial charge in [0.2, 0.25) is 5.91 Å². The second-order valence-electron chi connectivity index (χ2n) is 4.40. The van der Waals surface area contributed by atoms with E-state index >= 15 is 0 Å². The van der Waals surface area contributed by atoms with Crippen LogP contribution in [-0.4, -0.2) is 24.4 Å². The van der Waals surface area contributed by atoms with E-state index in [2.05, 4.69) is 15.6 Å². The van der Waals surface area contributed by atoms with Gasteiger partial charge in [0.25, 0.3) is 5.91 Å². The third kappa shape index (κ3) is 6.03. The molecule has 0 heterocycles. The molecule has 1 saturated carbocycles. The average Bonchev–Trinajstić information content (AvgIpc) is 2.44. The Morgan fingerprint density at radius 3 is 2.42 bits per heavy atom. The number of rotatable bonds is 4. The molecule has 1 rings (SSSR count). The lowest BCUT2D eigenvalue weighted by Crippen LogP contribution is -2.44. The summed E-state index contributed by atoms with van der Waals surface area (Å²) in [7, 11) is 0. The largest absolute Gasteiger partial charge is 0.463 e. The van der Waals surface area contributed by atoms with E-state index in [9.17, 15) is 14.4 Å². The van der Waals surface area contributed by atoms with Crippen LogP contribution in [0.3, 0.4) is 0 Å². The fourth-order valence-electron chi connectivity index (χ4n) is 1.97. The standard InChI is InChI=1S/C13H20N2O4/c1-2-19-12(17)9-8-11(16)14-15-13(18)10-6-4-3-5-7-10/h8-10H,2-7H2,1H3,(H,14,16)(H,15,18)/b9-8+. The second kappa shape index (κ2) is 8.29. The highest BCUT2D eigenvalue weighted by Gasteiger charge is 2.20. The molecular weight excluding hydrogens is 248 g/mol. The van der Waals surface area contributed by atoms with E-state index in [1.165, 1.54) is 6.42 Å². The molecule has 0 aromatic heterocycles. The van der Waals surface area contributed by atoms with E-state index in [0.29, 0.717) is 0 Å². The average molecular weight is 268 g/mol. The molecular formula is C13H20N2O4. The number of hydrogen-bond donors (Lipinski definition) is 2. The number of amides is 2. The van der Waals surface area contributed by atoms with Crippen molar-refractivity contribution in [2.24, 2.45) is 5.92 Å². The molecule has 6 nitrogen and oxygen atoms in total. The SMILES string of the molecule is CCOC(=O)/C=C/C(=O)NNC(=O)C1CCCCC1. The lowest BCUT2D eigenvalue weighted by Gasteiger charge is -2.20. The molecule has 0 radical (unpaired) electrons. The van der Waals surface area contributed by atoms with Crippen LogP contribution in [0.5, 0.6) is 0 Å². The normalized spacial score (nSPS) is 16.1. The van der Waals surface area contributed by atoms with Crippen molar-refractivity contribution in [3.8, 4) is 0 Å². The molecule has 0 atom stereocenters. The van der Waals surface area contributed by atoms with E-state index < -0.39 is 11.9 Å². The van der Waals surface area contributed by atoms with Crippen molar-refractivity contribution in [3.05, 3.63) is 12.2 Å². The monoisotopic (exact) mass is 268 g/mol. The summed E-state index contributed by atoms with van der Waals surface area (Å²) in [5.41, 5.74) is 4.61. The number of carbonyl (C=O) groups excluding carboxylic acids is 3. The summed E-state index contributed by atoms with van der Waals surface area (Å²) in [5.74, 6) is -1.34. The maximum absolute atomic E-state index is 11.7. The molecule has 0 bridgehead atoms. The number of ether oxygens (including phenoxy) is 1. The first-order valence-electron chi connectivity index (χ1n) is 6.58. The summed E-state index contributed by atoms with van der Waals surface area (Å²) in [5, 5.41) is 0. The number of esters is 1. The molecule has 1 aliphatic carbocycles. The Hall–Kier alpha value is -1.85.